The van der Waals surface area contributed by atoms with E-state index < -0.39 is 23.4 Å². The lowest BCUT2D eigenvalue weighted by Crippen LogP contribution is -2.09. The Bertz CT molecular complexity index is 646. The highest BCUT2D eigenvalue weighted by Crippen LogP contribution is 2.39. The zero-order chi connectivity index (χ0) is 14.9. The number of benzene rings is 1. The Morgan fingerprint density at radius 3 is 2.55 bits per heavy atom. The van der Waals surface area contributed by atoms with E-state index in [9.17, 15) is 17.6 Å². The third kappa shape index (κ3) is 3.19. The van der Waals surface area contributed by atoms with Gasteiger partial charge in [-0.3, -0.25) is 0 Å². The summed E-state index contributed by atoms with van der Waals surface area (Å²) in [6.07, 6.45) is -3.52. The number of halogens is 5. The van der Waals surface area contributed by atoms with Gasteiger partial charge in [0.25, 0.3) is 0 Å². The minimum Gasteiger partial charge on any atom is -0.436 e. The maximum Gasteiger partial charge on any atom is 0.421 e. The van der Waals surface area contributed by atoms with E-state index >= 15 is 0 Å². The zero-order valence-corrected chi connectivity index (χ0v) is 11.3. The van der Waals surface area contributed by atoms with E-state index in [1.807, 2.05) is 0 Å². The minimum atomic E-state index is -4.66. The Balaban J connectivity index is 2.46. The molecular weight excluding hydrogens is 344 g/mol. The third-order valence-corrected chi connectivity index (χ3v) is 2.74. The van der Waals surface area contributed by atoms with Gasteiger partial charge in [0.15, 0.2) is 5.75 Å². The van der Waals surface area contributed by atoms with Crippen molar-refractivity contribution in [2.24, 2.45) is 0 Å². The Hall–Kier alpha value is -1.83. The van der Waals surface area contributed by atoms with Crippen LogP contribution in [0.1, 0.15) is 5.56 Å². The lowest BCUT2D eigenvalue weighted by Gasteiger charge is -2.13. The summed E-state index contributed by atoms with van der Waals surface area (Å²) in [5.41, 5.74) is 4.43. The van der Waals surface area contributed by atoms with Crippen molar-refractivity contribution >= 4 is 21.6 Å². The van der Waals surface area contributed by atoms with E-state index in [1.54, 1.807) is 0 Å². The molecule has 1 aromatic carbocycles. The summed E-state index contributed by atoms with van der Waals surface area (Å²) in [5, 5.41) is 0. The van der Waals surface area contributed by atoms with Crippen molar-refractivity contribution < 1.29 is 22.3 Å². The number of anilines is 1. The molecule has 8 heteroatoms. The Morgan fingerprint density at radius 2 is 1.90 bits per heavy atom. The third-order valence-electron chi connectivity index (χ3n) is 2.31. The lowest BCUT2D eigenvalue weighted by atomic mass is 10.2. The summed E-state index contributed by atoms with van der Waals surface area (Å²) in [6, 6.07) is 3.97. The second kappa shape index (κ2) is 5.28. The molecule has 2 aromatic rings. The average Bonchev–Trinajstić information content (AvgIpc) is 2.34. The molecule has 20 heavy (non-hydrogen) atoms. The van der Waals surface area contributed by atoms with Crippen LogP contribution in [0.15, 0.2) is 34.9 Å². The van der Waals surface area contributed by atoms with Crippen LogP contribution in [-0.4, -0.2) is 4.98 Å². The fourth-order valence-corrected chi connectivity index (χ4v) is 1.74. The summed E-state index contributed by atoms with van der Waals surface area (Å²) in [4.78, 5) is 3.54. The molecule has 0 saturated heterocycles. The van der Waals surface area contributed by atoms with Crippen LogP contribution in [0.3, 0.4) is 0 Å². The van der Waals surface area contributed by atoms with Crippen molar-refractivity contribution in [1.29, 1.82) is 0 Å². The summed E-state index contributed by atoms with van der Waals surface area (Å²) >= 11 is 2.90. The molecule has 2 N–H and O–H groups in total. The van der Waals surface area contributed by atoms with Crippen molar-refractivity contribution in [3.05, 3.63) is 46.3 Å². The van der Waals surface area contributed by atoms with Gasteiger partial charge in [0.05, 0.1) is 5.69 Å². The molecule has 0 unspecified atom stereocenters. The predicted octanol–water partition coefficient (Wildman–Crippen LogP) is 4.38. The second-order valence-corrected chi connectivity index (χ2v) is 4.70. The molecular formula is C12H7BrF4N2O. The molecule has 1 aromatic heterocycles. The number of ether oxygens (including phenoxy) is 1. The summed E-state index contributed by atoms with van der Waals surface area (Å²) in [7, 11) is 0. The molecule has 1 heterocycles. The number of alkyl halides is 3. The molecule has 0 radical (unpaired) electrons. The number of nitrogens with zero attached hydrogens (tertiary/aromatic N) is 1. The van der Waals surface area contributed by atoms with Crippen molar-refractivity contribution in [1.82, 2.24) is 4.98 Å². The monoisotopic (exact) mass is 350 g/mol. The van der Waals surface area contributed by atoms with E-state index in [4.69, 9.17) is 10.5 Å². The first-order valence-corrected chi connectivity index (χ1v) is 6.02. The van der Waals surface area contributed by atoms with Crippen LogP contribution >= 0.6 is 15.9 Å². The van der Waals surface area contributed by atoms with Gasteiger partial charge in [0.1, 0.15) is 11.4 Å². The molecule has 0 saturated carbocycles. The standard InChI is InChI=1S/C12H7BrF4N2O/c13-6-3-8(12(15,16)17)11(19-5-6)20-10-4-7(14)1-2-9(10)18/h1-5H,18H2. The summed E-state index contributed by atoms with van der Waals surface area (Å²) in [5.74, 6) is -1.61. The molecule has 0 spiro atoms. The second-order valence-electron chi connectivity index (χ2n) is 3.79. The molecule has 0 bridgehead atoms. The molecule has 3 nitrogen and oxygen atoms in total. The average molecular weight is 351 g/mol. The van der Waals surface area contributed by atoms with Gasteiger partial charge in [0, 0.05) is 16.7 Å². The smallest absolute Gasteiger partial charge is 0.421 e. The molecule has 2 rings (SSSR count). The quantitative estimate of drug-likeness (QED) is 0.645. The first-order chi connectivity index (χ1) is 9.27. The fourth-order valence-electron chi connectivity index (χ4n) is 1.41. The first-order valence-electron chi connectivity index (χ1n) is 5.23. The maximum atomic E-state index is 13.1. The minimum absolute atomic E-state index is 0.00393. The van der Waals surface area contributed by atoms with E-state index in [2.05, 4.69) is 20.9 Å². The van der Waals surface area contributed by atoms with Gasteiger partial charge >= 0.3 is 6.18 Å². The van der Waals surface area contributed by atoms with Gasteiger partial charge in [-0.1, -0.05) is 0 Å². The number of pyridine rings is 1. The summed E-state index contributed by atoms with van der Waals surface area (Å²) < 4.78 is 56.8. The largest absolute Gasteiger partial charge is 0.436 e. The van der Waals surface area contributed by atoms with E-state index in [-0.39, 0.29) is 15.9 Å². The highest BCUT2D eigenvalue weighted by atomic mass is 79.9. The van der Waals surface area contributed by atoms with Crippen LogP contribution < -0.4 is 10.5 Å². The number of hydrogen-bond acceptors (Lipinski definition) is 3. The van der Waals surface area contributed by atoms with Crippen LogP contribution in [0.25, 0.3) is 0 Å². The molecule has 0 atom stereocenters. The van der Waals surface area contributed by atoms with Crippen molar-refractivity contribution in [3.8, 4) is 11.6 Å². The maximum absolute atomic E-state index is 13.1. The normalized spacial score (nSPS) is 11.4. The van der Waals surface area contributed by atoms with Gasteiger partial charge in [-0.15, -0.1) is 0 Å². The van der Waals surface area contributed by atoms with Gasteiger partial charge in [-0.2, -0.15) is 13.2 Å². The molecule has 0 aliphatic carbocycles. The van der Waals surface area contributed by atoms with Crippen LogP contribution in [0.2, 0.25) is 0 Å². The number of nitrogens with two attached hydrogens (primary N) is 1. The number of nitrogen functional groups attached to an aromatic ring is 1. The van der Waals surface area contributed by atoms with Crippen molar-refractivity contribution in [2.45, 2.75) is 6.18 Å². The van der Waals surface area contributed by atoms with Gasteiger partial charge < -0.3 is 10.5 Å². The fraction of sp³-hybridized carbons (Fsp3) is 0.0833. The van der Waals surface area contributed by atoms with Crippen molar-refractivity contribution in [2.75, 3.05) is 5.73 Å². The highest BCUT2D eigenvalue weighted by molar-refractivity contribution is 9.10. The Kier molecular flexibility index (Phi) is 3.85. The van der Waals surface area contributed by atoms with Crippen LogP contribution in [0, 0.1) is 5.82 Å². The molecule has 0 aliphatic heterocycles. The highest BCUT2D eigenvalue weighted by Gasteiger charge is 2.36. The summed E-state index contributed by atoms with van der Waals surface area (Å²) in [6.45, 7) is 0. The SMILES string of the molecule is Nc1ccc(F)cc1Oc1ncc(Br)cc1C(F)(F)F. The number of rotatable bonds is 2. The zero-order valence-electron chi connectivity index (χ0n) is 9.71. The van der Waals surface area contributed by atoms with Gasteiger partial charge in [0.2, 0.25) is 5.88 Å². The Morgan fingerprint density at radius 1 is 1.20 bits per heavy atom. The molecule has 0 fully saturated rings. The van der Waals surface area contributed by atoms with Crippen LogP contribution in [0.4, 0.5) is 23.2 Å². The van der Waals surface area contributed by atoms with Crippen LogP contribution in [0.5, 0.6) is 11.6 Å². The molecule has 0 amide bonds. The predicted molar refractivity (Wildman–Crippen MR) is 67.8 cm³/mol. The number of hydrogen-bond donors (Lipinski definition) is 1. The van der Waals surface area contributed by atoms with E-state index in [1.165, 1.54) is 6.07 Å². The lowest BCUT2D eigenvalue weighted by molar-refractivity contribution is -0.138. The van der Waals surface area contributed by atoms with E-state index in [0.717, 1.165) is 24.4 Å². The Labute approximate surface area is 119 Å². The first kappa shape index (κ1) is 14.6. The number of aromatic nitrogens is 1. The van der Waals surface area contributed by atoms with Gasteiger partial charge in [-0.05, 0) is 34.1 Å². The topological polar surface area (TPSA) is 48.1 Å². The molecule has 0 aliphatic rings. The van der Waals surface area contributed by atoms with Gasteiger partial charge in [-0.25, -0.2) is 9.37 Å². The van der Waals surface area contributed by atoms with E-state index in [0.29, 0.717) is 0 Å². The van der Waals surface area contributed by atoms with Crippen molar-refractivity contribution in [3.63, 3.8) is 0 Å². The molecule has 106 valence electrons. The van der Waals surface area contributed by atoms with Crippen LogP contribution in [-0.2, 0) is 6.18 Å².